The van der Waals surface area contributed by atoms with Gasteiger partial charge in [0.1, 0.15) is 23.2 Å². The topological polar surface area (TPSA) is 0 Å². The lowest BCUT2D eigenvalue weighted by Gasteiger charge is -2.35. The lowest BCUT2D eigenvalue weighted by atomic mass is 10.3. The van der Waals surface area contributed by atoms with Crippen LogP contribution in [0.2, 0.25) is 25.7 Å². The maximum Gasteiger partial charge on any atom is 0.114 e. The molecule has 0 saturated heterocycles. The molecule has 3 rings (SSSR count). The zero-order chi connectivity index (χ0) is 18.6. The third kappa shape index (κ3) is 4.80. The average molecular weight is 457 g/mol. The van der Waals surface area contributed by atoms with E-state index in [-0.39, 0.29) is 17.0 Å². The quantitative estimate of drug-likeness (QED) is 0.395. The Hall–Kier alpha value is -1.21. The lowest BCUT2D eigenvalue weighted by molar-refractivity contribution is -0.00000551. The molecule has 3 aromatic rings. The van der Waals surface area contributed by atoms with Crippen LogP contribution in [0.3, 0.4) is 0 Å². The molecule has 0 spiro atoms. The lowest BCUT2D eigenvalue weighted by Crippen LogP contribution is -3.00. The minimum atomic E-state index is -1.71. The van der Waals surface area contributed by atoms with Gasteiger partial charge in [0.2, 0.25) is 0 Å². The van der Waals surface area contributed by atoms with E-state index in [1.165, 1.54) is 22.0 Å². The second-order valence-electron chi connectivity index (χ2n) is 8.34. The predicted octanol–water partition coefficient (Wildman–Crippen LogP) is 2.71. The van der Waals surface area contributed by atoms with E-state index in [4.69, 9.17) is 0 Å². The molecule has 0 aromatic heterocycles. The van der Waals surface area contributed by atoms with Gasteiger partial charge < -0.3 is 17.0 Å². The zero-order valence-electron chi connectivity index (χ0n) is 16.8. The van der Waals surface area contributed by atoms with Crippen molar-refractivity contribution in [2.75, 3.05) is 0 Å². The van der Waals surface area contributed by atoms with E-state index in [0.29, 0.717) is 5.66 Å². The second kappa shape index (κ2) is 9.32. The molecule has 142 valence electrons. The van der Waals surface area contributed by atoms with Gasteiger partial charge in [0, 0.05) is 8.07 Å². The van der Waals surface area contributed by atoms with Crippen LogP contribution in [0.4, 0.5) is 0 Å². The van der Waals surface area contributed by atoms with Crippen molar-refractivity contribution in [1.29, 1.82) is 0 Å². The third-order valence-corrected chi connectivity index (χ3v) is 12.1. The van der Waals surface area contributed by atoms with E-state index < -0.39 is 15.3 Å². The molecule has 0 heterocycles. The summed E-state index contributed by atoms with van der Waals surface area (Å²) in [6.45, 7) is 10.00. The maximum atomic E-state index is 2.50. The van der Waals surface area contributed by atoms with E-state index >= 15 is 0 Å². The monoisotopic (exact) mass is 456 g/mol. The van der Waals surface area contributed by atoms with Gasteiger partial charge in [-0.1, -0.05) is 74.2 Å². The Labute approximate surface area is 177 Å². The Bertz CT molecular complexity index is 717. The summed E-state index contributed by atoms with van der Waals surface area (Å²) in [5.74, 6) is 0. The van der Waals surface area contributed by atoms with E-state index in [2.05, 4.69) is 118 Å². The number of halogens is 1. The fraction of sp³-hybridized carbons (Fsp3) is 0.250. The molecule has 0 amide bonds. The van der Waals surface area contributed by atoms with Crippen molar-refractivity contribution >= 4 is 31.2 Å². The molecule has 0 aliphatic heterocycles. The molecule has 3 heteroatoms. The van der Waals surface area contributed by atoms with E-state index in [1.54, 1.807) is 0 Å². The standard InChI is InChI=1S/C24H30PSi.BrH/c1-21(20-26(2,3)4)25(22-14-8-5-9-15-22,23-16-10-6-11-17-23)24-18-12-7-13-19-24;/h5-19,21H,20H2,1-4H3;1H/q+1;/p-1. The molecule has 3 aromatic carbocycles. The molecule has 0 bridgehead atoms. The van der Waals surface area contributed by atoms with Gasteiger partial charge in [-0.2, -0.15) is 0 Å². The number of benzene rings is 3. The van der Waals surface area contributed by atoms with Crippen molar-refractivity contribution in [3.05, 3.63) is 91.0 Å². The predicted molar refractivity (Wildman–Crippen MR) is 123 cm³/mol. The van der Waals surface area contributed by atoms with Crippen LogP contribution in [0.15, 0.2) is 91.0 Å². The van der Waals surface area contributed by atoms with Crippen molar-refractivity contribution in [2.45, 2.75) is 38.3 Å². The highest BCUT2D eigenvalue weighted by atomic mass is 79.9. The van der Waals surface area contributed by atoms with Crippen molar-refractivity contribution in [3.63, 3.8) is 0 Å². The van der Waals surface area contributed by atoms with Crippen LogP contribution < -0.4 is 32.9 Å². The molecule has 0 radical (unpaired) electrons. The Morgan fingerprint density at radius 1 is 0.630 bits per heavy atom. The van der Waals surface area contributed by atoms with Crippen LogP contribution in [0.1, 0.15) is 6.92 Å². The zero-order valence-corrected chi connectivity index (χ0v) is 20.3. The van der Waals surface area contributed by atoms with Crippen molar-refractivity contribution in [1.82, 2.24) is 0 Å². The summed E-state index contributed by atoms with van der Waals surface area (Å²) in [7, 11) is -2.91. The van der Waals surface area contributed by atoms with Crippen LogP contribution in [0.25, 0.3) is 0 Å². The summed E-state index contributed by atoms with van der Waals surface area (Å²) in [5.41, 5.74) is 0.626. The van der Waals surface area contributed by atoms with Crippen LogP contribution in [-0.4, -0.2) is 13.7 Å². The largest absolute Gasteiger partial charge is 1.00 e. The van der Waals surface area contributed by atoms with Crippen LogP contribution in [0, 0.1) is 0 Å². The summed E-state index contributed by atoms with van der Waals surface area (Å²) in [5, 5.41) is 4.51. The van der Waals surface area contributed by atoms with E-state index in [1.807, 2.05) is 0 Å². The molecule has 0 fully saturated rings. The molecule has 1 atom stereocenters. The summed E-state index contributed by atoms with van der Waals surface area (Å²) in [4.78, 5) is 0. The minimum Gasteiger partial charge on any atom is -1.00 e. The van der Waals surface area contributed by atoms with E-state index in [0.717, 1.165) is 0 Å². The Balaban J connectivity index is 0.00000261. The number of rotatable bonds is 6. The fourth-order valence-corrected chi connectivity index (χ4v) is 13.1. The van der Waals surface area contributed by atoms with Gasteiger partial charge in [-0.05, 0) is 49.4 Å². The van der Waals surface area contributed by atoms with Gasteiger partial charge in [0.25, 0.3) is 0 Å². The molecule has 27 heavy (non-hydrogen) atoms. The summed E-state index contributed by atoms with van der Waals surface area (Å²) < 4.78 is 0. The maximum absolute atomic E-state index is 2.50. The summed E-state index contributed by atoms with van der Waals surface area (Å²) in [6, 6.07) is 35.1. The highest BCUT2D eigenvalue weighted by Gasteiger charge is 2.51. The molecule has 1 unspecified atom stereocenters. The van der Waals surface area contributed by atoms with Crippen LogP contribution in [0.5, 0.6) is 0 Å². The van der Waals surface area contributed by atoms with Gasteiger partial charge >= 0.3 is 0 Å². The molecular formula is C24H30BrPSi. The smallest absolute Gasteiger partial charge is 0.114 e. The Morgan fingerprint density at radius 3 is 1.19 bits per heavy atom. The fourth-order valence-electron chi connectivity index (χ4n) is 4.22. The minimum absolute atomic E-state index is 0. The van der Waals surface area contributed by atoms with Gasteiger partial charge in [-0.25, -0.2) is 0 Å². The first-order valence-electron chi connectivity index (χ1n) is 9.50. The Morgan fingerprint density at radius 2 is 0.926 bits per heavy atom. The molecule has 0 N–H and O–H groups in total. The molecule has 0 nitrogen and oxygen atoms in total. The van der Waals surface area contributed by atoms with Gasteiger partial charge in [0.05, 0.1) is 5.66 Å². The Kier molecular flexibility index (Phi) is 7.62. The number of hydrogen-bond acceptors (Lipinski definition) is 0. The first-order chi connectivity index (χ1) is 12.4. The van der Waals surface area contributed by atoms with Crippen LogP contribution >= 0.6 is 7.26 Å². The summed E-state index contributed by atoms with van der Waals surface area (Å²) in [6.07, 6.45) is 0. The normalized spacial score (nSPS) is 12.9. The number of hydrogen-bond donors (Lipinski definition) is 0. The van der Waals surface area contributed by atoms with Crippen LogP contribution in [-0.2, 0) is 0 Å². The molecule has 0 aliphatic rings. The van der Waals surface area contributed by atoms with Gasteiger partial charge in [0.15, 0.2) is 0 Å². The first-order valence-corrected chi connectivity index (χ1v) is 15.1. The third-order valence-electron chi connectivity index (χ3n) is 5.06. The highest BCUT2D eigenvalue weighted by molar-refractivity contribution is 7.96. The molecular weight excluding hydrogens is 427 g/mol. The average Bonchev–Trinajstić information content (AvgIpc) is 2.64. The van der Waals surface area contributed by atoms with E-state index in [9.17, 15) is 0 Å². The second-order valence-corrected chi connectivity index (χ2v) is 17.7. The van der Waals surface area contributed by atoms with Gasteiger partial charge in [-0.15, -0.1) is 0 Å². The highest BCUT2D eigenvalue weighted by Crippen LogP contribution is 2.61. The molecule has 0 aliphatic carbocycles. The van der Waals surface area contributed by atoms with Crippen molar-refractivity contribution in [2.24, 2.45) is 0 Å². The van der Waals surface area contributed by atoms with Gasteiger partial charge in [-0.3, -0.25) is 0 Å². The molecule has 0 saturated carbocycles. The first kappa shape index (κ1) is 22.1. The SMILES string of the molecule is CC(C[Si](C)(C)C)[P+](c1ccccc1)(c1ccccc1)c1ccccc1.[Br-]. The van der Waals surface area contributed by atoms with Crippen molar-refractivity contribution < 1.29 is 17.0 Å². The van der Waals surface area contributed by atoms with Crippen molar-refractivity contribution in [3.8, 4) is 0 Å². The summed E-state index contributed by atoms with van der Waals surface area (Å²) >= 11 is 0.